The Hall–Kier alpha value is -8.87. The number of aromatic nitrogens is 2. The van der Waals surface area contributed by atoms with Gasteiger partial charge in [-0.1, -0.05) is 235 Å². The smallest absolute Gasteiger partial charge is 0.145 e. The second-order valence-corrected chi connectivity index (χ2v) is 31.8. The van der Waals surface area contributed by atoms with Gasteiger partial charge in [0.1, 0.15) is 35.2 Å². The number of fused-ring (bicyclic) bond motifs is 8. The molecule has 12 aromatic rings. The summed E-state index contributed by atoms with van der Waals surface area (Å²) in [4.78, 5) is 10.2. The third-order valence-corrected chi connectivity index (χ3v) is 19.2. The average Bonchev–Trinajstić information content (AvgIpc) is 1.54. The Labute approximate surface area is 546 Å². The molecule has 0 unspecified atom stereocenters. The van der Waals surface area contributed by atoms with E-state index < -0.39 is 0 Å². The number of hydrogen-bond acceptors (Lipinski definition) is 5. The largest absolute Gasteiger partial charge is 0.457 e. The minimum absolute atomic E-state index is 0.0835. The van der Waals surface area contributed by atoms with E-state index in [1.165, 1.54) is 78.0 Å². The summed E-state index contributed by atoms with van der Waals surface area (Å²) in [6, 6.07) is 68.3. The van der Waals surface area contributed by atoms with Crippen molar-refractivity contribution in [1.82, 2.24) is 9.55 Å². The summed E-state index contributed by atoms with van der Waals surface area (Å²) in [5, 5.41) is 4.31. The van der Waals surface area contributed by atoms with Crippen molar-refractivity contribution in [3.63, 3.8) is 0 Å². The van der Waals surface area contributed by atoms with E-state index in [0.29, 0.717) is 18.5 Å². The fourth-order valence-electron chi connectivity index (χ4n) is 13.7. The lowest BCUT2D eigenvalue weighted by Crippen LogP contribution is -2.25. The van der Waals surface area contributed by atoms with Crippen molar-refractivity contribution >= 4 is 66.5 Å². The number of para-hydroxylation sites is 2. The summed E-state index contributed by atoms with van der Waals surface area (Å²) in [6.07, 6.45) is 1.94. The molecule has 0 saturated carbocycles. The summed E-state index contributed by atoms with van der Waals surface area (Å²) < 4.78 is 16.2. The molecule has 92 heavy (non-hydrogen) atoms. The van der Waals surface area contributed by atoms with Gasteiger partial charge < -0.3 is 19.0 Å². The molecule has 0 N–H and O–H groups in total. The zero-order valence-corrected chi connectivity index (χ0v) is 57.9. The summed E-state index contributed by atoms with van der Waals surface area (Å²) in [5.74, 6) is 2.96. The van der Waals surface area contributed by atoms with Gasteiger partial charge in [0.2, 0.25) is 0 Å². The van der Waals surface area contributed by atoms with Gasteiger partial charge in [-0.15, -0.1) is 0 Å². The molecule has 4 heterocycles. The summed E-state index contributed by atoms with van der Waals surface area (Å²) in [5.41, 5.74) is 24.4. The van der Waals surface area contributed by atoms with Crippen LogP contribution in [-0.4, -0.2) is 16.2 Å². The van der Waals surface area contributed by atoms with Crippen LogP contribution in [0.15, 0.2) is 193 Å². The zero-order chi connectivity index (χ0) is 65.3. The number of anilines is 4. The number of nitrogens with zero attached hydrogens (tertiary/aromatic N) is 4. The van der Waals surface area contributed by atoms with Crippen LogP contribution < -0.4 is 14.5 Å². The van der Waals surface area contributed by atoms with Crippen LogP contribution in [0.3, 0.4) is 0 Å². The van der Waals surface area contributed by atoms with Crippen molar-refractivity contribution < 1.29 is 9.15 Å². The number of ether oxygens (including phenoxy) is 1. The van der Waals surface area contributed by atoms with Crippen LogP contribution in [0.2, 0.25) is 0 Å². The van der Waals surface area contributed by atoms with E-state index in [4.69, 9.17) is 14.1 Å². The van der Waals surface area contributed by atoms with Gasteiger partial charge >= 0.3 is 0 Å². The van der Waals surface area contributed by atoms with E-state index in [0.717, 1.165) is 78.1 Å². The van der Waals surface area contributed by atoms with Crippen LogP contribution in [0.4, 0.5) is 22.7 Å². The quantitative estimate of drug-likeness (QED) is 0.137. The number of furan rings is 1. The van der Waals surface area contributed by atoms with Crippen molar-refractivity contribution in [1.29, 1.82) is 0 Å². The Bertz CT molecular complexity index is 4670. The highest BCUT2D eigenvalue weighted by Crippen LogP contribution is 2.54. The molecule has 0 spiro atoms. The van der Waals surface area contributed by atoms with Gasteiger partial charge in [0.05, 0.1) is 33.5 Å². The molecular formula is C86H92N4O2. The zero-order valence-electron chi connectivity index (χ0n) is 57.9. The molecule has 3 aromatic heterocycles. The molecule has 468 valence electrons. The normalized spacial score (nSPS) is 13.5. The fraction of sp³-hybridized carbons (Fsp3) is 0.314. The Morgan fingerprint density at radius 1 is 0.424 bits per heavy atom. The van der Waals surface area contributed by atoms with Crippen LogP contribution in [0.25, 0.3) is 82.9 Å². The lowest BCUT2D eigenvalue weighted by molar-refractivity contribution is 0.483. The standard InChI is InChI=1S/C86H92N4O2/c1-52(2)65-28-23-29-66(53(3)4)78(65)54-33-37-72-75(45-54)88(51-89(72)80-67(55-41-58(83(8,9)10)46-59(42-55)84(11,12)13)30-24-31-68(80)56-43-60(85(14,15)16)47-61(44-56)86(17,18)19)62-25-22-26-63(49-62)91-64-34-35-71-74(50-64)90(77-48-57(39-40-87-77)82(5,6)7)73-38-36-70-69-27-20-21-32-76(69)92-81(70)79(71)73/h20-50,52-53H,51H2,1-19H3. The van der Waals surface area contributed by atoms with Crippen LogP contribution in [-0.2, 0) is 27.1 Å². The van der Waals surface area contributed by atoms with Gasteiger partial charge in [-0.3, -0.25) is 4.57 Å². The van der Waals surface area contributed by atoms with Gasteiger partial charge in [0.15, 0.2) is 0 Å². The molecule has 0 aliphatic carbocycles. The van der Waals surface area contributed by atoms with Crippen molar-refractivity contribution in [2.75, 3.05) is 16.5 Å². The number of pyridine rings is 1. The molecule has 1 aliphatic rings. The molecule has 6 heteroatoms. The van der Waals surface area contributed by atoms with Crippen molar-refractivity contribution in [2.24, 2.45) is 0 Å². The predicted molar refractivity (Wildman–Crippen MR) is 392 cm³/mol. The van der Waals surface area contributed by atoms with Gasteiger partial charge in [0, 0.05) is 51.3 Å². The second kappa shape index (κ2) is 22.5. The maximum absolute atomic E-state index is 7.17. The minimum atomic E-state index is -0.0836. The van der Waals surface area contributed by atoms with E-state index in [1.54, 1.807) is 0 Å². The van der Waals surface area contributed by atoms with Gasteiger partial charge in [-0.25, -0.2) is 4.98 Å². The lowest BCUT2D eigenvalue weighted by Gasteiger charge is -2.31. The topological polar surface area (TPSA) is 46.7 Å². The van der Waals surface area contributed by atoms with E-state index in [-0.39, 0.29) is 27.1 Å². The molecule has 0 atom stereocenters. The molecular weight excluding hydrogens is 1120 g/mol. The first-order valence-electron chi connectivity index (χ1n) is 33.3. The maximum Gasteiger partial charge on any atom is 0.145 e. The van der Waals surface area contributed by atoms with E-state index in [1.807, 2.05) is 12.3 Å². The highest BCUT2D eigenvalue weighted by atomic mass is 16.5. The van der Waals surface area contributed by atoms with Crippen LogP contribution in [0.5, 0.6) is 11.5 Å². The van der Waals surface area contributed by atoms with Gasteiger partial charge in [-0.2, -0.15) is 0 Å². The number of hydrogen-bond donors (Lipinski definition) is 0. The molecule has 0 radical (unpaired) electrons. The Morgan fingerprint density at radius 3 is 1.57 bits per heavy atom. The third kappa shape index (κ3) is 11.3. The first-order chi connectivity index (χ1) is 43.4. The van der Waals surface area contributed by atoms with Crippen molar-refractivity contribution in [3.05, 3.63) is 227 Å². The van der Waals surface area contributed by atoms with Gasteiger partial charge in [-0.05, 0) is 167 Å². The molecule has 9 aromatic carbocycles. The SMILES string of the molecule is CC(C)c1cccc(C(C)C)c1-c1ccc2c(c1)N(c1cccc(Oc3ccc4c5c6oc7ccccc7c6ccc5n(-c5cc(C(C)(C)C)ccn5)c4c3)c1)CN2c1c(-c2cc(C(C)(C)C)cc(C(C)(C)C)c2)cccc1-c1cc(C(C)(C)C)cc(C(C)(C)C)c1. The Morgan fingerprint density at radius 2 is 0.978 bits per heavy atom. The van der Waals surface area contributed by atoms with Crippen molar-refractivity contribution in [2.45, 2.75) is 170 Å². The van der Waals surface area contributed by atoms with Crippen LogP contribution >= 0.6 is 0 Å². The molecule has 6 nitrogen and oxygen atoms in total. The minimum Gasteiger partial charge on any atom is -0.457 e. The Kier molecular flexibility index (Phi) is 15.1. The maximum atomic E-state index is 7.17. The molecule has 1 aliphatic heterocycles. The molecule has 0 bridgehead atoms. The van der Waals surface area contributed by atoms with Crippen LogP contribution in [0, 0.1) is 0 Å². The lowest BCUT2D eigenvalue weighted by atomic mass is 9.77. The predicted octanol–water partition coefficient (Wildman–Crippen LogP) is 24.9. The average molecular weight is 1210 g/mol. The van der Waals surface area contributed by atoms with E-state index >= 15 is 0 Å². The molecule has 0 fully saturated rings. The molecule has 0 saturated heterocycles. The van der Waals surface area contributed by atoms with E-state index in [2.05, 4.69) is 322 Å². The molecule has 13 rings (SSSR count). The second-order valence-electron chi connectivity index (χ2n) is 31.8. The first-order valence-corrected chi connectivity index (χ1v) is 33.3. The summed E-state index contributed by atoms with van der Waals surface area (Å²) in [7, 11) is 0. The van der Waals surface area contributed by atoms with Gasteiger partial charge in [0.25, 0.3) is 0 Å². The number of rotatable bonds is 10. The monoisotopic (exact) mass is 1210 g/mol. The highest BCUT2D eigenvalue weighted by molar-refractivity contribution is 6.24. The Balaban J connectivity index is 1.01. The fourth-order valence-corrected chi connectivity index (χ4v) is 13.7. The first kappa shape index (κ1) is 62.0. The van der Waals surface area contributed by atoms with Crippen molar-refractivity contribution in [3.8, 4) is 50.7 Å². The third-order valence-electron chi connectivity index (χ3n) is 19.2. The number of benzene rings is 9. The van der Waals surface area contributed by atoms with Crippen LogP contribution in [0.1, 0.15) is 182 Å². The summed E-state index contributed by atoms with van der Waals surface area (Å²) in [6.45, 7) is 44.7. The highest BCUT2D eigenvalue weighted by Gasteiger charge is 2.35. The molecule has 0 amide bonds. The van der Waals surface area contributed by atoms with E-state index in [9.17, 15) is 0 Å². The summed E-state index contributed by atoms with van der Waals surface area (Å²) >= 11 is 0.